The number of benzene rings is 1. The molecule has 23 heavy (non-hydrogen) atoms. The van der Waals surface area contributed by atoms with E-state index >= 15 is 0 Å². The maximum absolute atomic E-state index is 12.0. The molecule has 1 unspecified atom stereocenters. The van der Waals surface area contributed by atoms with Crippen LogP contribution in [0.2, 0.25) is 0 Å². The average molecular weight is 315 g/mol. The normalized spacial score (nSPS) is 17.1. The molecule has 0 radical (unpaired) electrons. The van der Waals surface area contributed by atoms with Crippen LogP contribution in [0.4, 0.5) is 5.69 Å². The van der Waals surface area contributed by atoms with Gasteiger partial charge in [-0.3, -0.25) is 24.1 Å². The van der Waals surface area contributed by atoms with E-state index in [1.165, 1.54) is 7.05 Å². The summed E-state index contributed by atoms with van der Waals surface area (Å²) in [6, 6.07) is 5.95. The number of carbonyl (C=O) groups excluding carboxylic acids is 4. The Labute approximate surface area is 133 Å². The van der Waals surface area contributed by atoms with Gasteiger partial charge in [-0.2, -0.15) is 0 Å². The summed E-state index contributed by atoms with van der Waals surface area (Å²) in [5.41, 5.74) is 1.32. The second-order valence-corrected chi connectivity index (χ2v) is 5.18. The van der Waals surface area contributed by atoms with Gasteiger partial charge in [-0.25, -0.2) is 0 Å². The lowest BCUT2D eigenvalue weighted by Crippen LogP contribution is -2.41. The molecule has 0 bridgehead atoms. The fourth-order valence-corrected chi connectivity index (χ4v) is 2.20. The number of carbonyl (C=O) groups is 4. The molecule has 2 rings (SSSR count). The smallest absolute Gasteiger partial charge is 0.252 e. The van der Waals surface area contributed by atoms with Crippen molar-refractivity contribution >= 4 is 29.3 Å². The highest BCUT2D eigenvalue weighted by Gasteiger charge is 2.36. The van der Waals surface area contributed by atoms with E-state index < -0.39 is 11.9 Å². The zero-order valence-corrected chi connectivity index (χ0v) is 12.7. The molecule has 1 aliphatic heterocycles. The molecule has 7 heteroatoms. The first-order chi connectivity index (χ1) is 10.9. The van der Waals surface area contributed by atoms with Crippen molar-refractivity contribution in [1.82, 2.24) is 10.2 Å². The Kier molecular flexibility index (Phi) is 4.90. The molecular formula is C16H17N3O4. The fourth-order valence-electron chi connectivity index (χ4n) is 2.20. The average Bonchev–Trinajstić information content (AvgIpc) is 2.76. The largest absolute Gasteiger partial charge is 0.343 e. The highest BCUT2D eigenvalue weighted by molar-refractivity contribution is 6.06. The number of likely N-dealkylation sites (N-methyl/N-ethyl adjacent to an activating group) is 1. The topological polar surface area (TPSA) is 95.6 Å². The molecule has 1 aromatic rings. The van der Waals surface area contributed by atoms with Gasteiger partial charge < -0.3 is 10.6 Å². The number of nitrogens with one attached hydrogen (secondary N) is 2. The van der Waals surface area contributed by atoms with Crippen molar-refractivity contribution in [3.63, 3.8) is 0 Å². The molecule has 1 aliphatic rings. The summed E-state index contributed by atoms with van der Waals surface area (Å²) in [5.74, 6) is -1.35. The zero-order chi connectivity index (χ0) is 17.0. The van der Waals surface area contributed by atoms with Crippen LogP contribution < -0.4 is 10.6 Å². The van der Waals surface area contributed by atoms with Gasteiger partial charge in [-0.05, 0) is 23.8 Å². The number of hydrogen-bond acceptors (Lipinski definition) is 4. The molecule has 1 heterocycles. The van der Waals surface area contributed by atoms with Crippen molar-refractivity contribution in [2.24, 2.45) is 0 Å². The Morgan fingerprint density at radius 2 is 1.96 bits per heavy atom. The predicted molar refractivity (Wildman–Crippen MR) is 83.3 cm³/mol. The van der Waals surface area contributed by atoms with Crippen molar-refractivity contribution in [2.75, 3.05) is 12.4 Å². The van der Waals surface area contributed by atoms with Gasteiger partial charge in [0.25, 0.3) is 5.91 Å². The standard InChI is InChI=1S/C16H17N3O4/c1-3-13(20)17-11-6-4-10(5-7-11)8-14(21)18-12-9-15(22)19(2)16(12)23/h3-7,12H,1,8-9H2,2H3,(H,17,20)(H,18,21). The molecule has 0 aromatic heterocycles. The van der Waals surface area contributed by atoms with E-state index in [-0.39, 0.29) is 30.6 Å². The van der Waals surface area contributed by atoms with Gasteiger partial charge >= 0.3 is 0 Å². The highest BCUT2D eigenvalue weighted by atomic mass is 16.2. The first-order valence-corrected chi connectivity index (χ1v) is 7.03. The first kappa shape index (κ1) is 16.4. The molecule has 0 saturated carbocycles. The van der Waals surface area contributed by atoms with Crippen LogP contribution in [-0.4, -0.2) is 41.6 Å². The zero-order valence-electron chi connectivity index (χ0n) is 12.7. The summed E-state index contributed by atoms with van der Waals surface area (Å²) in [5, 5.41) is 5.16. The number of imide groups is 1. The van der Waals surface area contributed by atoms with Gasteiger partial charge in [-0.1, -0.05) is 18.7 Å². The molecule has 1 fully saturated rings. The molecule has 0 spiro atoms. The molecule has 1 aromatic carbocycles. The second kappa shape index (κ2) is 6.87. The Hall–Kier alpha value is -2.96. The Morgan fingerprint density at radius 3 is 2.48 bits per heavy atom. The van der Waals surface area contributed by atoms with Crippen LogP contribution in [0.3, 0.4) is 0 Å². The Balaban J connectivity index is 1.90. The predicted octanol–water partition coefficient (Wildman–Crippen LogP) is 0.227. The van der Waals surface area contributed by atoms with Crippen LogP contribution in [0, 0.1) is 0 Å². The van der Waals surface area contributed by atoms with Gasteiger partial charge in [0.1, 0.15) is 6.04 Å². The van der Waals surface area contributed by atoms with Crippen molar-refractivity contribution in [2.45, 2.75) is 18.9 Å². The van der Waals surface area contributed by atoms with Crippen molar-refractivity contribution in [1.29, 1.82) is 0 Å². The molecule has 0 aliphatic carbocycles. The van der Waals surface area contributed by atoms with Crippen molar-refractivity contribution in [3.8, 4) is 0 Å². The van der Waals surface area contributed by atoms with Crippen LogP contribution >= 0.6 is 0 Å². The van der Waals surface area contributed by atoms with E-state index in [0.29, 0.717) is 5.69 Å². The molecule has 1 saturated heterocycles. The third kappa shape index (κ3) is 4.03. The van der Waals surface area contributed by atoms with Crippen LogP contribution in [0.5, 0.6) is 0 Å². The third-order valence-electron chi connectivity index (χ3n) is 3.49. The molecule has 7 nitrogen and oxygen atoms in total. The minimum atomic E-state index is -0.786. The number of nitrogens with zero attached hydrogens (tertiary/aromatic N) is 1. The summed E-state index contributed by atoms with van der Waals surface area (Å²) >= 11 is 0. The van der Waals surface area contributed by atoms with Crippen molar-refractivity contribution < 1.29 is 19.2 Å². The minimum Gasteiger partial charge on any atom is -0.343 e. The summed E-state index contributed by atoms with van der Waals surface area (Å²) < 4.78 is 0. The van der Waals surface area contributed by atoms with E-state index in [4.69, 9.17) is 0 Å². The van der Waals surface area contributed by atoms with E-state index in [0.717, 1.165) is 16.5 Å². The minimum absolute atomic E-state index is 0.00635. The quantitative estimate of drug-likeness (QED) is 0.600. The van der Waals surface area contributed by atoms with Gasteiger partial charge in [0.05, 0.1) is 12.8 Å². The van der Waals surface area contributed by atoms with Crippen LogP contribution in [0.1, 0.15) is 12.0 Å². The van der Waals surface area contributed by atoms with Gasteiger partial charge in [0, 0.05) is 12.7 Å². The maximum Gasteiger partial charge on any atom is 0.252 e. The second-order valence-electron chi connectivity index (χ2n) is 5.18. The van der Waals surface area contributed by atoms with Crippen LogP contribution in [-0.2, 0) is 25.6 Å². The fraction of sp³-hybridized carbons (Fsp3) is 0.250. The lowest BCUT2D eigenvalue weighted by molar-refractivity contribution is -0.138. The highest BCUT2D eigenvalue weighted by Crippen LogP contribution is 2.12. The van der Waals surface area contributed by atoms with Gasteiger partial charge in [0.15, 0.2) is 0 Å². The molecule has 4 amide bonds. The number of anilines is 1. The number of hydrogen-bond donors (Lipinski definition) is 2. The summed E-state index contributed by atoms with van der Waals surface area (Å²) in [7, 11) is 1.40. The van der Waals surface area contributed by atoms with Gasteiger partial charge in [0.2, 0.25) is 17.7 Å². The van der Waals surface area contributed by atoms with E-state index in [1.807, 2.05) is 0 Å². The van der Waals surface area contributed by atoms with Crippen molar-refractivity contribution in [3.05, 3.63) is 42.5 Å². The molecule has 2 N–H and O–H groups in total. The lowest BCUT2D eigenvalue weighted by atomic mass is 10.1. The third-order valence-corrected chi connectivity index (χ3v) is 3.49. The summed E-state index contributed by atoms with van der Waals surface area (Å²) in [4.78, 5) is 47.3. The monoisotopic (exact) mass is 315 g/mol. The molecule has 120 valence electrons. The number of likely N-dealkylation sites (tertiary alicyclic amines) is 1. The summed E-state index contributed by atoms with van der Waals surface area (Å²) in [6.07, 6.45) is 1.24. The Morgan fingerprint density at radius 1 is 1.30 bits per heavy atom. The summed E-state index contributed by atoms with van der Waals surface area (Å²) in [6.45, 7) is 3.36. The Bertz CT molecular complexity index is 666. The SMILES string of the molecule is C=CC(=O)Nc1ccc(CC(=O)NC2CC(=O)N(C)C2=O)cc1. The molecule has 1 atom stereocenters. The molecular weight excluding hydrogens is 298 g/mol. The first-order valence-electron chi connectivity index (χ1n) is 7.03. The number of rotatable bonds is 5. The number of amides is 4. The van der Waals surface area contributed by atoms with Crippen LogP contribution in [0.15, 0.2) is 36.9 Å². The lowest BCUT2D eigenvalue weighted by Gasteiger charge is -2.11. The van der Waals surface area contributed by atoms with Gasteiger partial charge in [-0.15, -0.1) is 0 Å². The van der Waals surface area contributed by atoms with E-state index in [9.17, 15) is 19.2 Å². The van der Waals surface area contributed by atoms with E-state index in [2.05, 4.69) is 17.2 Å². The van der Waals surface area contributed by atoms with Crippen LogP contribution in [0.25, 0.3) is 0 Å². The maximum atomic E-state index is 12.0. The van der Waals surface area contributed by atoms with E-state index in [1.54, 1.807) is 24.3 Å².